The van der Waals surface area contributed by atoms with E-state index < -0.39 is 0 Å². The van der Waals surface area contributed by atoms with Crippen LogP contribution >= 0.6 is 0 Å². The van der Waals surface area contributed by atoms with Crippen molar-refractivity contribution in [1.29, 1.82) is 0 Å². The van der Waals surface area contributed by atoms with Crippen LogP contribution in [0.1, 0.15) is 13.3 Å². The van der Waals surface area contributed by atoms with Crippen LogP contribution in [0.3, 0.4) is 0 Å². The minimum atomic E-state index is -0.217. The summed E-state index contributed by atoms with van der Waals surface area (Å²) in [7, 11) is 0. The molecule has 2 fully saturated rings. The number of hydrogen-bond donors (Lipinski definition) is 4. The lowest BCUT2D eigenvalue weighted by Crippen LogP contribution is -2.39. The van der Waals surface area contributed by atoms with Crippen LogP contribution in [0.5, 0.6) is 0 Å². The molecule has 0 spiro atoms. The second kappa shape index (κ2) is 6.39. The smallest absolute Gasteiger partial charge is 0.242 e. The summed E-state index contributed by atoms with van der Waals surface area (Å²) in [6.07, 6.45) is 2.46. The van der Waals surface area contributed by atoms with Gasteiger partial charge in [0.05, 0.1) is 25.1 Å². The van der Waals surface area contributed by atoms with Gasteiger partial charge in [0, 0.05) is 24.5 Å². The van der Waals surface area contributed by atoms with E-state index in [0.29, 0.717) is 11.7 Å². The number of nitrogens with zero attached hydrogens (tertiary/aromatic N) is 2. The number of morpholine rings is 1. The lowest BCUT2D eigenvalue weighted by Gasteiger charge is -2.27. The van der Waals surface area contributed by atoms with E-state index in [0.717, 1.165) is 49.6 Å². The van der Waals surface area contributed by atoms with Crippen LogP contribution in [0.25, 0.3) is 11.0 Å². The number of fused-ring (bicyclic) bond motifs is 1. The summed E-state index contributed by atoms with van der Waals surface area (Å²) in [6.45, 7) is 5.26. The first-order valence-electron chi connectivity index (χ1n) is 8.32. The first-order valence-corrected chi connectivity index (χ1v) is 8.32. The van der Waals surface area contributed by atoms with Crippen molar-refractivity contribution in [1.82, 2.24) is 20.8 Å². The molecule has 8 heteroatoms. The maximum Gasteiger partial charge on any atom is 0.242 e. The molecule has 0 aliphatic carbocycles. The molecule has 2 atom stereocenters. The molecule has 2 aliphatic heterocycles. The van der Waals surface area contributed by atoms with E-state index in [2.05, 4.69) is 37.1 Å². The average Bonchev–Trinajstić information content (AvgIpc) is 3.21. The largest absolute Gasteiger partial charge is 0.378 e. The van der Waals surface area contributed by atoms with Crippen LogP contribution in [0.2, 0.25) is 0 Å². The van der Waals surface area contributed by atoms with Gasteiger partial charge < -0.3 is 19.9 Å². The van der Waals surface area contributed by atoms with E-state index in [1.807, 2.05) is 13.0 Å². The number of ether oxygens (including phenoxy) is 1. The molecule has 2 aliphatic rings. The van der Waals surface area contributed by atoms with E-state index in [-0.39, 0.29) is 11.9 Å². The van der Waals surface area contributed by atoms with Gasteiger partial charge in [-0.25, -0.2) is 10.4 Å². The number of aromatic amines is 1. The molecule has 2 aromatic heterocycles. The van der Waals surface area contributed by atoms with E-state index in [1.54, 1.807) is 6.20 Å². The molecule has 128 valence electrons. The molecule has 0 saturated carbocycles. The van der Waals surface area contributed by atoms with E-state index in [4.69, 9.17) is 4.74 Å². The second-order valence-corrected chi connectivity index (χ2v) is 6.38. The molecule has 24 heavy (non-hydrogen) atoms. The number of amides is 1. The van der Waals surface area contributed by atoms with Gasteiger partial charge in [0.1, 0.15) is 17.5 Å². The highest BCUT2D eigenvalue weighted by atomic mass is 16.5. The Bertz CT molecular complexity index is 739. The molecule has 4 N–H and O–H groups in total. The Morgan fingerprint density at radius 3 is 2.92 bits per heavy atom. The molecular formula is C16H22N6O2. The van der Waals surface area contributed by atoms with Crippen LogP contribution in [0.4, 0.5) is 11.5 Å². The number of carbonyl (C=O) groups is 1. The van der Waals surface area contributed by atoms with Gasteiger partial charge >= 0.3 is 0 Å². The summed E-state index contributed by atoms with van der Waals surface area (Å²) < 4.78 is 5.38. The van der Waals surface area contributed by atoms with Crippen LogP contribution in [-0.4, -0.2) is 54.3 Å². The topological polar surface area (TPSA) is 94.3 Å². The predicted molar refractivity (Wildman–Crippen MR) is 91.9 cm³/mol. The van der Waals surface area contributed by atoms with Crippen molar-refractivity contribution in [3.05, 3.63) is 18.3 Å². The van der Waals surface area contributed by atoms with E-state index in [9.17, 15) is 4.79 Å². The third-order valence-electron chi connectivity index (χ3n) is 4.48. The number of pyridine rings is 1. The Kier molecular flexibility index (Phi) is 4.09. The molecule has 0 radical (unpaired) electrons. The first kappa shape index (κ1) is 15.4. The van der Waals surface area contributed by atoms with Crippen LogP contribution in [0, 0.1) is 0 Å². The third-order valence-corrected chi connectivity index (χ3v) is 4.48. The molecule has 4 heterocycles. The summed E-state index contributed by atoms with van der Waals surface area (Å²) >= 11 is 0. The van der Waals surface area contributed by atoms with Crippen molar-refractivity contribution >= 4 is 28.4 Å². The van der Waals surface area contributed by atoms with Crippen molar-refractivity contribution in [2.24, 2.45) is 0 Å². The summed E-state index contributed by atoms with van der Waals surface area (Å²) in [5, 5.41) is 3.92. The number of hydrogen-bond acceptors (Lipinski definition) is 6. The zero-order valence-corrected chi connectivity index (χ0v) is 13.6. The van der Waals surface area contributed by atoms with Gasteiger partial charge in [0.2, 0.25) is 5.91 Å². The van der Waals surface area contributed by atoms with E-state index in [1.165, 1.54) is 0 Å². The maximum atomic E-state index is 12.3. The molecular weight excluding hydrogens is 308 g/mol. The Labute approximate surface area is 139 Å². The van der Waals surface area contributed by atoms with E-state index >= 15 is 0 Å². The SMILES string of the molecule is CC1CC(C(=O)Nc2cnc3[nH]c(N4CCOCC4)cc3c2)NN1. The lowest BCUT2D eigenvalue weighted by molar-refractivity contribution is -0.117. The minimum Gasteiger partial charge on any atom is -0.378 e. The number of rotatable bonds is 3. The second-order valence-electron chi connectivity index (χ2n) is 6.38. The van der Waals surface area contributed by atoms with Gasteiger partial charge in [0.15, 0.2) is 0 Å². The Balaban J connectivity index is 1.49. The fraction of sp³-hybridized carbons (Fsp3) is 0.500. The Hall–Kier alpha value is -2.16. The summed E-state index contributed by atoms with van der Waals surface area (Å²) in [4.78, 5) is 22.3. The fourth-order valence-electron chi connectivity index (χ4n) is 3.16. The molecule has 4 rings (SSSR count). The zero-order valence-electron chi connectivity index (χ0n) is 13.6. The molecule has 0 bridgehead atoms. The predicted octanol–water partition coefficient (Wildman–Crippen LogP) is 0.593. The van der Waals surface area contributed by atoms with Crippen molar-refractivity contribution in [2.45, 2.75) is 25.4 Å². The molecule has 2 aromatic rings. The highest BCUT2D eigenvalue weighted by Crippen LogP contribution is 2.23. The third kappa shape index (κ3) is 3.08. The fourth-order valence-corrected chi connectivity index (χ4v) is 3.16. The van der Waals surface area contributed by atoms with Crippen molar-refractivity contribution < 1.29 is 9.53 Å². The zero-order chi connectivity index (χ0) is 16.5. The average molecular weight is 330 g/mol. The van der Waals surface area contributed by atoms with Gasteiger partial charge in [0.25, 0.3) is 0 Å². The van der Waals surface area contributed by atoms with Gasteiger partial charge in [-0.3, -0.25) is 10.2 Å². The van der Waals surface area contributed by atoms with Gasteiger partial charge in [-0.15, -0.1) is 0 Å². The Morgan fingerprint density at radius 1 is 1.33 bits per heavy atom. The number of H-pyrrole nitrogens is 1. The van der Waals surface area contributed by atoms with Gasteiger partial charge in [-0.05, 0) is 25.5 Å². The normalized spacial score (nSPS) is 24.5. The number of hydrazine groups is 1. The summed E-state index contributed by atoms with van der Waals surface area (Å²) in [5.41, 5.74) is 7.59. The number of nitrogens with one attached hydrogen (secondary N) is 4. The Morgan fingerprint density at radius 2 is 2.17 bits per heavy atom. The van der Waals surface area contributed by atoms with Crippen LogP contribution < -0.4 is 21.1 Å². The van der Waals surface area contributed by atoms with Crippen molar-refractivity contribution in [2.75, 3.05) is 36.5 Å². The molecule has 2 unspecified atom stereocenters. The highest BCUT2D eigenvalue weighted by Gasteiger charge is 2.26. The maximum absolute atomic E-state index is 12.3. The van der Waals surface area contributed by atoms with Gasteiger partial charge in [-0.2, -0.15) is 0 Å². The monoisotopic (exact) mass is 330 g/mol. The molecule has 0 aromatic carbocycles. The first-order chi connectivity index (χ1) is 11.7. The highest BCUT2D eigenvalue weighted by molar-refractivity contribution is 5.96. The number of carbonyl (C=O) groups excluding carboxylic acids is 1. The van der Waals surface area contributed by atoms with Crippen LogP contribution in [-0.2, 0) is 9.53 Å². The van der Waals surface area contributed by atoms with Crippen molar-refractivity contribution in [3.8, 4) is 0 Å². The summed E-state index contributed by atoms with van der Waals surface area (Å²) in [6, 6.07) is 4.10. The molecule has 8 nitrogen and oxygen atoms in total. The minimum absolute atomic E-state index is 0.0445. The van der Waals surface area contributed by atoms with Crippen molar-refractivity contribution in [3.63, 3.8) is 0 Å². The van der Waals surface area contributed by atoms with Crippen LogP contribution in [0.15, 0.2) is 18.3 Å². The molecule has 2 saturated heterocycles. The number of aromatic nitrogens is 2. The lowest BCUT2D eigenvalue weighted by atomic mass is 10.1. The number of anilines is 2. The quantitative estimate of drug-likeness (QED) is 0.658. The standard InChI is InChI=1S/C16H22N6O2/c1-10-6-13(21-20-10)16(23)18-12-7-11-8-14(19-15(11)17-9-12)22-2-4-24-5-3-22/h7-10,13,20-21H,2-6H2,1H3,(H,17,19)(H,18,23). The summed E-state index contributed by atoms with van der Waals surface area (Å²) in [5.74, 6) is 0.997. The van der Waals surface area contributed by atoms with Gasteiger partial charge in [-0.1, -0.05) is 0 Å². The molecule has 1 amide bonds.